The lowest BCUT2D eigenvalue weighted by molar-refractivity contribution is -0.135. The average Bonchev–Trinajstić information content (AvgIpc) is 3.53. The summed E-state index contributed by atoms with van der Waals surface area (Å²) in [5, 5.41) is 3.79. The molecule has 5 rings (SSSR count). The van der Waals surface area contributed by atoms with Crippen LogP contribution in [0.1, 0.15) is 25.7 Å². The second-order valence-electron chi connectivity index (χ2n) is 8.45. The lowest BCUT2D eigenvalue weighted by atomic mass is 9.96. The van der Waals surface area contributed by atoms with Crippen molar-refractivity contribution in [2.75, 3.05) is 38.0 Å². The number of hydrogen-bond acceptors (Lipinski definition) is 7. The third kappa shape index (κ3) is 4.47. The van der Waals surface area contributed by atoms with Crippen molar-refractivity contribution >= 4 is 28.5 Å². The molecule has 32 heavy (non-hydrogen) atoms. The molecule has 2 saturated heterocycles. The number of carbonyl (C=O) groups is 2. The summed E-state index contributed by atoms with van der Waals surface area (Å²) >= 11 is 0. The topological polar surface area (TPSA) is 104 Å². The van der Waals surface area contributed by atoms with Crippen LogP contribution >= 0.6 is 0 Å². The van der Waals surface area contributed by atoms with Gasteiger partial charge in [0.2, 0.25) is 11.8 Å². The number of nitrogens with zero attached hydrogens (tertiary/aromatic N) is 5. The Morgan fingerprint density at radius 3 is 2.66 bits per heavy atom. The van der Waals surface area contributed by atoms with Crippen LogP contribution in [-0.4, -0.2) is 69.3 Å². The van der Waals surface area contributed by atoms with E-state index in [1.165, 1.54) is 19.2 Å². The molecular weight excluding hydrogens is 408 g/mol. The molecule has 0 radical (unpaired) electrons. The maximum absolute atomic E-state index is 12.8. The van der Waals surface area contributed by atoms with E-state index in [2.05, 4.69) is 25.2 Å². The summed E-state index contributed by atoms with van der Waals surface area (Å²) in [4.78, 5) is 42.3. The van der Waals surface area contributed by atoms with Crippen molar-refractivity contribution in [3.8, 4) is 11.5 Å². The molecule has 0 aromatic carbocycles. The van der Waals surface area contributed by atoms with E-state index in [-0.39, 0.29) is 17.7 Å². The fraction of sp³-hybridized carbons (Fsp3) is 0.435. The molecule has 0 atom stereocenters. The molecule has 2 fully saturated rings. The lowest BCUT2D eigenvalue weighted by Gasteiger charge is -2.32. The van der Waals surface area contributed by atoms with Crippen LogP contribution in [0.4, 0.5) is 5.82 Å². The molecule has 0 saturated carbocycles. The highest BCUT2D eigenvalue weighted by Crippen LogP contribution is 2.23. The van der Waals surface area contributed by atoms with E-state index in [1.807, 2.05) is 17.0 Å². The molecule has 0 spiro atoms. The third-order valence-electron chi connectivity index (χ3n) is 6.29. The van der Waals surface area contributed by atoms with Crippen LogP contribution in [0.25, 0.3) is 22.4 Å². The smallest absolute Gasteiger partial charge is 0.236 e. The molecule has 1 N–H and O–H groups in total. The number of hydrogen-bond donors (Lipinski definition) is 1. The summed E-state index contributed by atoms with van der Waals surface area (Å²) in [6.45, 7) is 3.77. The van der Waals surface area contributed by atoms with Crippen LogP contribution in [0.5, 0.6) is 0 Å². The molecule has 9 heteroatoms. The SMILES string of the molecule is O=C(Nc1cc2nc(-c3cnco3)ccc2cn1)C1CCN(C(=O)CN2CCCC2)CC1. The Labute approximate surface area is 185 Å². The molecule has 3 aromatic rings. The van der Waals surface area contributed by atoms with Gasteiger partial charge in [-0.1, -0.05) is 0 Å². The number of pyridine rings is 2. The standard InChI is InChI=1S/C23H26N6O3/c30-22(14-28-7-1-2-8-28)29-9-5-16(6-10-29)23(31)27-21-11-19-17(12-25-21)3-4-18(26-19)20-13-24-15-32-20/h3-4,11-13,15-16H,1-2,5-10,14H2,(H,25,27,31). The Balaban J connectivity index is 1.19. The third-order valence-corrected chi connectivity index (χ3v) is 6.29. The molecule has 9 nitrogen and oxygen atoms in total. The first-order chi connectivity index (χ1) is 15.7. The monoisotopic (exact) mass is 434 g/mol. The van der Waals surface area contributed by atoms with Crippen LogP contribution < -0.4 is 5.32 Å². The van der Waals surface area contributed by atoms with Gasteiger partial charge in [-0.25, -0.2) is 15.0 Å². The van der Waals surface area contributed by atoms with Gasteiger partial charge in [0, 0.05) is 36.7 Å². The number of likely N-dealkylation sites (tertiary alicyclic amines) is 2. The first-order valence-corrected chi connectivity index (χ1v) is 11.1. The van der Waals surface area contributed by atoms with Crippen molar-refractivity contribution in [1.29, 1.82) is 0 Å². The number of anilines is 1. The number of fused-ring (bicyclic) bond motifs is 1. The molecular formula is C23H26N6O3. The van der Waals surface area contributed by atoms with E-state index in [4.69, 9.17) is 4.42 Å². The predicted octanol–water partition coefficient (Wildman–Crippen LogP) is 2.56. The Morgan fingerprint density at radius 2 is 1.91 bits per heavy atom. The number of nitrogens with one attached hydrogen (secondary N) is 1. The van der Waals surface area contributed by atoms with Crippen molar-refractivity contribution in [3.63, 3.8) is 0 Å². The van der Waals surface area contributed by atoms with E-state index in [9.17, 15) is 9.59 Å². The van der Waals surface area contributed by atoms with Gasteiger partial charge in [-0.15, -0.1) is 0 Å². The van der Waals surface area contributed by atoms with Gasteiger partial charge in [0.05, 0.1) is 18.3 Å². The zero-order chi connectivity index (χ0) is 21.9. The zero-order valence-electron chi connectivity index (χ0n) is 17.9. The predicted molar refractivity (Wildman–Crippen MR) is 119 cm³/mol. The van der Waals surface area contributed by atoms with Crippen LogP contribution in [0, 0.1) is 5.92 Å². The maximum Gasteiger partial charge on any atom is 0.236 e. The Kier molecular flexibility index (Phi) is 5.81. The summed E-state index contributed by atoms with van der Waals surface area (Å²) in [5.41, 5.74) is 1.39. The van der Waals surface area contributed by atoms with Crippen molar-refractivity contribution in [2.45, 2.75) is 25.7 Å². The van der Waals surface area contributed by atoms with Gasteiger partial charge in [-0.3, -0.25) is 14.5 Å². The summed E-state index contributed by atoms with van der Waals surface area (Å²) in [6.07, 6.45) is 8.36. The Morgan fingerprint density at radius 1 is 1.09 bits per heavy atom. The van der Waals surface area contributed by atoms with Crippen LogP contribution in [0.2, 0.25) is 0 Å². The number of amides is 2. The van der Waals surface area contributed by atoms with Gasteiger partial charge in [0.25, 0.3) is 0 Å². The first kappa shape index (κ1) is 20.6. The van der Waals surface area contributed by atoms with Crippen LogP contribution in [0.15, 0.2) is 41.4 Å². The number of rotatable bonds is 5. The van der Waals surface area contributed by atoms with E-state index in [1.54, 1.807) is 18.5 Å². The highest BCUT2D eigenvalue weighted by atomic mass is 16.3. The molecule has 0 unspecified atom stereocenters. The summed E-state index contributed by atoms with van der Waals surface area (Å²) in [6, 6.07) is 5.52. The minimum Gasteiger partial charge on any atom is -0.442 e. The van der Waals surface area contributed by atoms with Gasteiger partial charge in [-0.2, -0.15) is 0 Å². The molecule has 0 aliphatic carbocycles. The number of oxazole rings is 1. The zero-order valence-corrected chi connectivity index (χ0v) is 17.9. The average molecular weight is 435 g/mol. The number of carbonyl (C=O) groups excluding carboxylic acids is 2. The van der Waals surface area contributed by atoms with Gasteiger partial charge >= 0.3 is 0 Å². The maximum atomic E-state index is 12.8. The largest absolute Gasteiger partial charge is 0.442 e. The van der Waals surface area contributed by atoms with Crippen molar-refractivity contribution in [1.82, 2.24) is 24.8 Å². The van der Waals surface area contributed by atoms with Crippen molar-refractivity contribution < 1.29 is 14.0 Å². The summed E-state index contributed by atoms with van der Waals surface area (Å²) < 4.78 is 5.32. The lowest BCUT2D eigenvalue weighted by Crippen LogP contribution is -2.45. The fourth-order valence-corrected chi connectivity index (χ4v) is 4.42. The van der Waals surface area contributed by atoms with Crippen LogP contribution in [-0.2, 0) is 9.59 Å². The normalized spacial score (nSPS) is 17.7. The van der Waals surface area contributed by atoms with Gasteiger partial charge < -0.3 is 14.6 Å². The van der Waals surface area contributed by atoms with E-state index in [0.29, 0.717) is 55.3 Å². The molecule has 2 aliphatic heterocycles. The molecule has 2 amide bonds. The molecule has 0 bridgehead atoms. The van der Waals surface area contributed by atoms with Gasteiger partial charge in [-0.05, 0) is 50.9 Å². The Bertz CT molecular complexity index is 1100. The minimum atomic E-state index is -0.128. The van der Waals surface area contributed by atoms with E-state index in [0.717, 1.165) is 18.5 Å². The van der Waals surface area contributed by atoms with Crippen molar-refractivity contribution in [2.24, 2.45) is 5.92 Å². The minimum absolute atomic E-state index is 0.0603. The highest BCUT2D eigenvalue weighted by Gasteiger charge is 2.28. The van der Waals surface area contributed by atoms with Gasteiger partial charge in [0.15, 0.2) is 12.2 Å². The van der Waals surface area contributed by atoms with E-state index < -0.39 is 0 Å². The summed E-state index contributed by atoms with van der Waals surface area (Å²) in [5.74, 6) is 1.04. The number of aromatic nitrogens is 3. The number of piperidine rings is 1. The second-order valence-corrected chi connectivity index (χ2v) is 8.45. The summed E-state index contributed by atoms with van der Waals surface area (Å²) in [7, 11) is 0. The van der Waals surface area contributed by atoms with Gasteiger partial charge in [0.1, 0.15) is 11.5 Å². The second kappa shape index (κ2) is 9.04. The fourth-order valence-electron chi connectivity index (χ4n) is 4.42. The molecule has 5 heterocycles. The highest BCUT2D eigenvalue weighted by molar-refractivity contribution is 5.94. The first-order valence-electron chi connectivity index (χ1n) is 11.1. The molecule has 166 valence electrons. The van der Waals surface area contributed by atoms with E-state index >= 15 is 0 Å². The molecule has 2 aliphatic rings. The van der Waals surface area contributed by atoms with Crippen LogP contribution in [0.3, 0.4) is 0 Å². The Hall–Kier alpha value is -3.33. The quantitative estimate of drug-likeness (QED) is 0.658. The van der Waals surface area contributed by atoms with Crippen molar-refractivity contribution in [3.05, 3.63) is 37.0 Å². The molecule has 3 aromatic heterocycles.